The van der Waals surface area contributed by atoms with Crippen LogP contribution in [0.25, 0.3) is 0 Å². The monoisotopic (exact) mass is 426 g/mol. The Labute approximate surface area is 175 Å². The van der Waals surface area contributed by atoms with Crippen LogP contribution < -0.4 is 19.5 Å². The minimum Gasteiger partial charge on any atom is -0.496 e. The number of amides is 1. The maximum absolute atomic E-state index is 12.3. The van der Waals surface area contributed by atoms with Crippen molar-refractivity contribution in [3.8, 4) is 17.2 Å². The highest BCUT2D eigenvalue weighted by Crippen LogP contribution is 2.34. The van der Waals surface area contributed by atoms with Crippen LogP contribution in [-0.2, 0) is 17.9 Å². The summed E-state index contributed by atoms with van der Waals surface area (Å²) in [5, 5.41) is 3.89. The number of carbonyl (C=O) groups excluding carboxylic acids is 1. The number of likely N-dealkylation sites (N-methyl/N-ethyl adjacent to an activating group) is 1. The van der Waals surface area contributed by atoms with E-state index in [1.54, 1.807) is 39.5 Å². The molecular weight excluding hydrogens is 403 g/mol. The van der Waals surface area contributed by atoms with E-state index < -0.39 is 0 Å². The molecular formula is C20H24Cl2N2O4. The second-order valence-electron chi connectivity index (χ2n) is 6.18. The summed E-state index contributed by atoms with van der Waals surface area (Å²) in [7, 11) is 6.52. The van der Waals surface area contributed by atoms with E-state index in [9.17, 15) is 4.79 Å². The fourth-order valence-electron chi connectivity index (χ4n) is 2.74. The lowest BCUT2D eigenvalue weighted by atomic mass is 10.1. The number of halogens is 2. The number of methoxy groups -OCH3 is 3. The molecule has 2 rings (SSSR count). The van der Waals surface area contributed by atoms with Gasteiger partial charge in [-0.1, -0.05) is 35.3 Å². The third-order valence-electron chi connectivity index (χ3n) is 4.15. The number of hydrogen-bond acceptors (Lipinski definition) is 5. The molecule has 0 aliphatic carbocycles. The summed E-state index contributed by atoms with van der Waals surface area (Å²) in [6, 6.07) is 8.97. The predicted octanol–water partition coefficient (Wildman–Crippen LogP) is 3.77. The highest BCUT2D eigenvalue weighted by Gasteiger charge is 2.14. The highest BCUT2D eigenvalue weighted by molar-refractivity contribution is 6.42. The molecule has 0 atom stereocenters. The third-order valence-corrected chi connectivity index (χ3v) is 5.01. The summed E-state index contributed by atoms with van der Waals surface area (Å²) in [5.74, 6) is 1.61. The van der Waals surface area contributed by atoms with Crippen LogP contribution in [0.15, 0.2) is 30.3 Å². The second kappa shape index (κ2) is 10.4. The van der Waals surface area contributed by atoms with Gasteiger partial charge in [0.2, 0.25) is 5.91 Å². The van der Waals surface area contributed by atoms with E-state index in [4.69, 9.17) is 37.4 Å². The van der Waals surface area contributed by atoms with Crippen LogP contribution in [0.4, 0.5) is 0 Å². The molecule has 0 spiro atoms. The van der Waals surface area contributed by atoms with Crippen molar-refractivity contribution in [3.05, 3.63) is 51.5 Å². The first-order chi connectivity index (χ1) is 13.4. The maximum atomic E-state index is 12.3. The number of hydrogen-bond donors (Lipinski definition) is 1. The third kappa shape index (κ3) is 5.67. The van der Waals surface area contributed by atoms with Gasteiger partial charge in [0.25, 0.3) is 0 Å². The average Bonchev–Trinajstić information content (AvgIpc) is 2.69. The number of nitrogens with one attached hydrogen (secondary N) is 1. The van der Waals surface area contributed by atoms with Gasteiger partial charge in [-0.15, -0.1) is 0 Å². The Bertz CT molecular complexity index is 830. The average molecular weight is 427 g/mol. The predicted molar refractivity (Wildman–Crippen MR) is 111 cm³/mol. The van der Waals surface area contributed by atoms with Crippen LogP contribution in [0.3, 0.4) is 0 Å². The van der Waals surface area contributed by atoms with Crippen molar-refractivity contribution in [2.75, 3.05) is 34.9 Å². The summed E-state index contributed by atoms with van der Waals surface area (Å²) in [6.45, 7) is 1.01. The number of rotatable bonds is 9. The second-order valence-corrected chi connectivity index (χ2v) is 6.97. The topological polar surface area (TPSA) is 60.0 Å². The lowest BCUT2D eigenvalue weighted by molar-refractivity contribution is -0.122. The van der Waals surface area contributed by atoms with E-state index in [2.05, 4.69) is 5.32 Å². The van der Waals surface area contributed by atoms with Gasteiger partial charge >= 0.3 is 0 Å². The lowest BCUT2D eigenvalue weighted by Gasteiger charge is -2.18. The molecule has 0 aliphatic rings. The van der Waals surface area contributed by atoms with Crippen LogP contribution in [0.1, 0.15) is 11.1 Å². The number of ether oxygens (including phenoxy) is 3. The number of carbonyl (C=O) groups is 1. The van der Waals surface area contributed by atoms with Crippen molar-refractivity contribution in [2.45, 2.75) is 13.1 Å². The summed E-state index contributed by atoms with van der Waals surface area (Å²) < 4.78 is 16.0. The molecule has 0 bridgehead atoms. The van der Waals surface area contributed by atoms with Crippen molar-refractivity contribution < 1.29 is 19.0 Å². The first-order valence-electron chi connectivity index (χ1n) is 8.56. The first-order valence-corrected chi connectivity index (χ1v) is 9.32. The fraction of sp³-hybridized carbons (Fsp3) is 0.350. The Morgan fingerprint density at radius 3 is 2.29 bits per heavy atom. The Kier molecular flexibility index (Phi) is 8.23. The SMILES string of the molecule is COc1cc(OC)c(OC)cc1CNC(=O)CN(C)Cc1cccc(Cl)c1Cl. The van der Waals surface area contributed by atoms with E-state index in [-0.39, 0.29) is 12.5 Å². The molecule has 0 heterocycles. The van der Waals surface area contributed by atoms with Crippen molar-refractivity contribution >= 4 is 29.1 Å². The number of nitrogens with zero attached hydrogens (tertiary/aromatic N) is 1. The molecule has 6 nitrogen and oxygen atoms in total. The van der Waals surface area contributed by atoms with E-state index in [1.165, 1.54) is 0 Å². The minimum absolute atomic E-state index is 0.127. The Balaban J connectivity index is 1.97. The summed E-state index contributed by atoms with van der Waals surface area (Å²) in [5.41, 5.74) is 1.65. The molecule has 2 aromatic carbocycles. The maximum Gasteiger partial charge on any atom is 0.234 e. The zero-order chi connectivity index (χ0) is 20.7. The molecule has 1 amide bonds. The highest BCUT2D eigenvalue weighted by atomic mass is 35.5. The van der Waals surface area contributed by atoms with E-state index >= 15 is 0 Å². The van der Waals surface area contributed by atoms with Crippen molar-refractivity contribution in [1.29, 1.82) is 0 Å². The van der Waals surface area contributed by atoms with Crippen LogP contribution >= 0.6 is 23.2 Å². The molecule has 0 aliphatic heterocycles. The molecule has 28 heavy (non-hydrogen) atoms. The molecule has 8 heteroatoms. The van der Waals surface area contributed by atoms with Crippen LogP contribution in [-0.4, -0.2) is 45.7 Å². The van der Waals surface area contributed by atoms with Crippen LogP contribution in [0, 0.1) is 0 Å². The standard InChI is InChI=1S/C20H24Cl2N2O4/c1-24(11-13-6-5-7-15(21)20(13)22)12-19(25)23-10-14-8-17(27-3)18(28-4)9-16(14)26-2/h5-9H,10-12H2,1-4H3,(H,23,25). The van der Waals surface area contributed by atoms with E-state index in [0.29, 0.717) is 40.4 Å². The molecule has 0 fully saturated rings. The van der Waals surface area contributed by atoms with Gasteiger partial charge in [-0.05, 0) is 24.7 Å². The summed E-state index contributed by atoms with van der Waals surface area (Å²) in [4.78, 5) is 14.2. The smallest absolute Gasteiger partial charge is 0.234 e. The van der Waals surface area contributed by atoms with Gasteiger partial charge in [0.05, 0.1) is 37.9 Å². The molecule has 0 saturated heterocycles. The van der Waals surface area contributed by atoms with Gasteiger partial charge in [0.1, 0.15) is 5.75 Å². The Morgan fingerprint density at radius 2 is 1.64 bits per heavy atom. The van der Waals surface area contributed by atoms with E-state index in [1.807, 2.05) is 24.1 Å². The van der Waals surface area contributed by atoms with Gasteiger partial charge in [0, 0.05) is 24.7 Å². The number of benzene rings is 2. The lowest BCUT2D eigenvalue weighted by Crippen LogP contribution is -2.34. The molecule has 152 valence electrons. The Morgan fingerprint density at radius 1 is 1.00 bits per heavy atom. The van der Waals surface area contributed by atoms with Gasteiger partial charge in [-0.3, -0.25) is 9.69 Å². The molecule has 0 saturated carbocycles. The van der Waals surface area contributed by atoms with Gasteiger partial charge < -0.3 is 19.5 Å². The van der Waals surface area contributed by atoms with E-state index in [0.717, 1.165) is 11.1 Å². The summed E-state index contributed by atoms with van der Waals surface area (Å²) in [6.07, 6.45) is 0. The molecule has 1 N–H and O–H groups in total. The molecule has 0 aromatic heterocycles. The fourth-order valence-corrected chi connectivity index (χ4v) is 3.12. The summed E-state index contributed by atoms with van der Waals surface area (Å²) >= 11 is 12.2. The van der Waals surface area contributed by atoms with Gasteiger partial charge in [-0.2, -0.15) is 0 Å². The molecule has 0 unspecified atom stereocenters. The zero-order valence-corrected chi connectivity index (χ0v) is 17.9. The van der Waals surface area contributed by atoms with Gasteiger partial charge in [-0.25, -0.2) is 0 Å². The van der Waals surface area contributed by atoms with Crippen molar-refractivity contribution in [3.63, 3.8) is 0 Å². The van der Waals surface area contributed by atoms with Crippen LogP contribution in [0.2, 0.25) is 10.0 Å². The Hall–Kier alpha value is -2.15. The quantitative estimate of drug-likeness (QED) is 0.661. The van der Waals surface area contributed by atoms with Crippen molar-refractivity contribution in [2.24, 2.45) is 0 Å². The van der Waals surface area contributed by atoms with Crippen LogP contribution in [0.5, 0.6) is 17.2 Å². The minimum atomic E-state index is -0.127. The van der Waals surface area contributed by atoms with Gasteiger partial charge in [0.15, 0.2) is 11.5 Å². The largest absolute Gasteiger partial charge is 0.496 e. The molecule has 0 radical (unpaired) electrons. The normalized spacial score (nSPS) is 10.7. The zero-order valence-electron chi connectivity index (χ0n) is 16.3. The first kappa shape index (κ1) is 22.1. The molecule has 2 aromatic rings. The van der Waals surface area contributed by atoms with Crippen molar-refractivity contribution in [1.82, 2.24) is 10.2 Å².